The maximum absolute atomic E-state index is 13.0. The van der Waals surface area contributed by atoms with Gasteiger partial charge in [0.2, 0.25) is 5.91 Å². The number of aryl methyl sites for hydroxylation is 1. The van der Waals surface area contributed by atoms with E-state index in [2.05, 4.69) is 35.8 Å². The number of carbonyl (C=O) groups is 1. The Morgan fingerprint density at radius 3 is 2.00 bits per heavy atom. The number of rotatable bonds is 18. The molecule has 2 heterocycles. The Morgan fingerprint density at radius 2 is 1.38 bits per heavy atom. The van der Waals surface area contributed by atoms with Crippen molar-refractivity contribution < 1.29 is 9.53 Å². The Bertz CT molecular complexity index is 1140. The van der Waals surface area contributed by atoms with E-state index in [9.17, 15) is 4.79 Å². The van der Waals surface area contributed by atoms with E-state index in [0.717, 1.165) is 35.7 Å². The summed E-state index contributed by atoms with van der Waals surface area (Å²) in [4.78, 5) is 19.9. The van der Waals surface area contributed by atoms with Gasteiger partial charge in [0.1, 0.15) is 11.6 Å². The molecule has 39 heavy (non-hydrogen) atoms. The minimum absolute atomic E-state index is 0.110. The molecule has 5 nitrogen and oxygen atoms in total. The predicted molar refractivity (Wildman–Crippen MR) is 163 cm³/mol. The second-order valence-electron chi connectivity index (χ2n) is 11.3. The number of amides is 1. The van der Waals surface area contributed by atoms with Crippen LogP contribution in [-0.2, 0) is 11.3 Å². The number of ether oxygens (including phenoxy) is 1. The lowest BCUT2D eigenvalue weighted by atomic mass is 10.0. The Hall–Kier alpha value is -2.82. The van der Waals surface area contributed by atoms with E-state index in [0.29, 0.717) is 13.0 Å². The molecule has 1 aromatic heterocycles. The maximum atomic E-state index is 13.0. The largest absolute Gasteiger partial charge is 0.497 e. The highest BCUT2D eigenvalue weighted by atomic mass is 16.5. The van der Waals surface area contributed by atoms with Crippen molar-refractivity contribution in [3.05, 3.63) is 54.4 Å². The van der Waals surface area contributed by atoms with Gasteiger partial charge < -0.3 is 14.2 Å². The molecule has 0 spiro atoms. The van der Waals surface area contributed by atoms with Gasteiger partial charge >= 0.3 is 0 Å². The Labute approximate surface area is 236 Å². The van der Waals surface area contributed by atoms with E-state index in [-0.39, 0.29) is 11.8 Å². The zero-order valence-corrected chi connectivity index (χ0v) is 24.4. The van der Waals surface area contributed by atoms with E-state index in [4.69, 9.17) is 9.72 Å². The van der Waals surface area contributed by atoms with Crippen molar-refractivity contribution in [3.63, 3.8) is 0 Å². The Balaban J connectivity index is 1.23. The van der Waals surface area contributed by atoms with Crippen LogP contribution < -0.4 is 9.64 Å². The molecule has 0 radical (unpaired) electrons. The first-order valence-corrected chi connectivity index (χ1v) is 15.6. The summed E-state index contributed by atoms with van der Waals surface area (Å²) in [7, 11) is 1.66. The van der Waals surface area contributed by atoms with Crippen LogP contribution >= 0.6 is 0 Å². The van der Waals surface area contributed by atoms with Crippen LogP contribution in [0.25, 0.3) is 11.0 Å². The summed E-state index contributed by atoms with van der Waals surface area (Å²) >= 11 is 0. The molecule has 1 fully saturated rings. The normalized spacial score (nSPS) is 15.5. The SMILES string of the molecule is CCCCCCCCCCCCCCCCn1c(C2CC(=O)N(c3ccc(OC)cc3)C2)nc2ccccc21. The molecule has 1 saturated heterocycles. The second-order valence-corrected chi connectivity index (χ2v) is 11.3. The summed E-state index contributed by atoms with van der Waals surface area (Å²) in [5.41, 5.74) is 3.16. The number of aromatic nitrogens is 2. The average Bonchev–Trinajstić information content (AvgIpc) is 3.53. The minimum Gasteiger partial charge on any atom is -0.497 e. The van der Waals surface area contributed by atoms with Crippen LogP contribution in [0.4, 0.5) is 5.69 Å². The van der Waals surface area contributed by atoms with Gasteiger partial charge in [-0.1, -0.05) is 103 Å². The molecule has 1 unspecified atom stereocenters. The molecule has 0 aliphatic carbocycles. The zero-order chi connectivity index (χ0) is 27.3. The molecular formula is C34H49N3O2. The van der Waals surface area contributed by atoms with E-state index in [1.165, 1.54) is 89.0 Å². The molecule has 0 bridgehead atoms. The summed E-state index contributed by atoms with van der Waals surface area (Å²) in [6.45, 7) is 3.93. The molecule has 5 heteroatoms. The first-order chi connectivity index (χ1) is 19.2. The zero-order valence-electron chi connectivity index (χ0n) is 24.4. The van der Waals surface area contributed by atoms with Crippen LogP contribution in [0.1, 0.15) is 115 Å². The van der Waals surface area contributed by atoms with Gasteiger partial charge in [0, 0.05) is 31.1 Å². The number of carbonyl (C=O) groups excluding carboxylic acids is 1. The van der Waals surface area contributed by atoms with Crippen molar-refractivity contribution in [2.24, 2.45) is 0 Å². The molecule has 3 aromatic rings. The molecule has 0 N–H and O–H groups in total. The van der Waals surface area contributed by atoms with Crippen LogP contribution in [0.2, 0.25) is 0 Å². The van der Waals surface area contributed by atoms with Gasteiger partial charge in [0.25, 0.3) is 0 Å². The minimum atomic E-state index is 0.110. The average molecular weight is 532 g/mol. The number of fused-ring (bicyclic) bond motifs is 1. The second kappa shape index (κ2) is 15.7. The third kappa shape index (κ3) is 8.33. The van der Waals surface area contributed by atoms with E-state index < -0.39 is 0 Å². The standard InChI is InChI=1S/C34H49N3O2/c1-3-4-5-6-7-8-9-10-11-12-13-14-15-18-25-36-32-20-17-16-19-31(32)35-34(36)28-26-33(38)37(27-28)29-21-23-30(39-2)24-22-29/h16-17,19-24,28H,3-15,18,25-27H2,1-2H3. The lowest BCUT2D eigenvalue weighted by Gasteiger charge is -2.18. The van der Waals surface area contributed by atoms with Gasteiger partial charge in [0.05, 0.1) is 18.1 Å². The van der Waals surface area contributed by atoms with Gasteiger partial charge in [0.15, 0.2) is 0 Å². The molecule has 1 aliphatic heterocycles. The molecule has 212 valence electrons. The van der Waals surface area contributed by atoms with Crippen molar-refractivity contribution in [1.29, 1.82) is 0 Å². The van der Waals surface area contributed by atoms with Crippen molar-refractivity contribution in [1.82, 2.24) is 9.55 Å². The molecule has 1 amide bonds. The molecule has 1 atom stereocenters. The van der Waals surface area contributed by atoms with E-state index >= 15 is 0 Å². The van der Waals surface area contributed by atoms with Gasteiger partial charge in [-0.25, -0.2) is 4.98 Å². The van der Waals surface area contributed by atoms with Crippen LogP contribution in [0.3, 0.4) is 0 Å². The molecule has 0 saturated carbocycles. The number of benzene rings is 2. The summed E-state index contributed by atoms with van der Waals surface area (Å²) in [5.74, 6) is 2.14. The van der Waals surface area contributed by atoms with Crippen LogP contribution in [0.15, 0.2) is 48.5 Å². The number of methoxy groups -OCH3 is 1. The summed E-state index contributed by atoms with van der Waals surface area (Å²) in [5, 5.41) is 0. The third-order valence-corrected chi connectivity index (χ3v) is 8.29. The third-order valence-electron chi connectivity index (χ3n) is 8.29. The fourth-order valence-corrected chi connectivity index (χ4v) is 6.00. The van der Waals surface area contributed by atoms with Gasteiger partial charge in [-0.05, 0) is 42.8 Å². The number of anilines is 1. The maximum Gasteiger partial charge on any atom is 0.227 e. The topological polar surface area (TPSA) is 47.4 Å². The van der Waals surface area contributed by atoms with Crippen LogP contribution in [0, 0.1) is 0 Å². The fraction of sp³-hybridized carbons (Fsp3) is 0.588. The number of hydrogen-bond acceptors (Lipinski definition) is 3. The van der Waals surface area contributed by atoms with Gasteiger partial charge in [-0.15, -0.1) is 0 Å². The first-order valence-electron chi connectivity index (χ1n) is 15.6. The molecule has 2 aromatic carbocycles. The smallest absolute Gasteiger partial charge is 0.227 e. The van der Waals surface area contributed by atoms with Crippen LogP contribution in [-0.4, -0.2) is 29.1 Å². The number of para-hydroxylation sites is 2. The molecule has 1 aliphatic rings. The highest BCUT2D eigenvalue weighted by Gasteiger charge is 2.34. The highest BCUT2D eigenvalue weighted by molar-refractivity contribution is 5.96. The van der Waals surface area contributed by atoms with Gasteiger partial charge in [-0.3, -0.25) is 4.79 Å². The Kier molecular flexibility index (Phi) is 11.7. The number of unbranched alkanes of at least 4 members (excludes halogenated alkanes) is 13. The number of hydrogen-bond donors (Lipinski definition) is 0. The number of imidazole rings is 1. The van der Waals surface area contributed by atoms with E-state index in [1.54, 1.807) is 7.11 Å². The lowest BCUT2D eigenvalue weighted by Crippen LogP contribution is -2.24. The van der Waals surface area contributed by atoms with Crippen molar-refractivity contribution in [2.75, 3.05) is 18.6 Å². The molecule has 4 rings (SSSR count). The highest BCUT2D eigenvalue weighted by Crippen LogP contribution is 2.34. The monoisotopic (exact) mass is 531 g/mol. The van der Waals surface area contributed by atoms with Gasteiger partial charge in [-0.2, -0.15) is 0 Å². The van der Waals surface area contributed by atoms with Crippen molar-refractivity contribution in [2.45, 2.75) is 116 Å². The Morgan fingerprint density at radius 1 is 0.795 bits per heavy atom. The fourth-order valence-electron chi connectivity index (χ4n) is 6.00. The van der Waals surface area contributed by atoms with E-state index in [1.807, 2.05) is 29.2 Å². The summed E-state index contributed by atoms with van der Waals surface area (Å²) in [6.07, 6.45) is 19.6. The predicted octanol–water partition coefficient (Wildman–Crippen LogP) is 9.05. The first kappa shape index (κ1) is 29.2. The lowest BCUT2D eigenvalue weighted by molar-refractivity contribution is -0.117. The number of nitrogens with zero attached hydrogens (tertiary/aromatic N) is 3. The summed E-state index contributed by atoms with van der Waals surface area (Å²) < 4.78 is 7.68. The summed E-state index contributed by atoms with van der Waals surface area (Å²) in [6, 6.07) is 16.2. The van der Waals surface area contributed by atoms with Crippen molar-refractivity contribution >= 4 is 22.6 Å². The van der Waals surface area contributed by atoms with Crippen LogP contribution in [0.5, 0.6) is 5.75 Å². The quantitative estimate of drug-likeness (QED) is 0.154. The molecular weight excluding hydrogens is 482 g/mol. The van der Waals surface area contributed by atoms with Crippen molar-refractivity contribution in [3.8, 4) is 5.75 Å².